The third kappa shape index (κ3) is 7.77. The number of carbonyl (C=O) groups is 1. The number of hydrogen-bond donors (Lipinski definition) is 2. The van der Waals surface area contributed by atoms with E-state index < -0.39 is 31.7 Å². The standard InChI is InChI=1S/C41H47N4O8P/c1-26(2)39(46)42-36-20-21-45(40(47)43-36)37-23-41(48,54(51-7)44(3)4)35(53-37)25-52-24-32-28-15-9-8-14-27(28)22-31(29-16-10-12-18-33(29)49-5)38(32)30-17-11-13-19-34(30)50-6/h8-22,26,35,37,48H,23-25H2,1-7H3,(H,42,43,46,47)/t35-,37-,41+,54?/m1/s1. The van der Waals surface area contributed by atoms with Crippen LogP contribution in [-0.2, 0) is 25.4 Å². The number of aliphatic hydroxyl groups is 1. The van der Waals surface area contributed by atoms with Gasteiger partial charge in [0, 0.05) is 36.8 Å². The van der Waals surface area contributed by atoms with Crippen LogP contribution in [0.1, 0.15) is 32.1 Å². The lowest BCUT2D eigenvalue weighted by atomic mass is 9.86. The lowest BCUT2D eigenvalue weighted by Crippen LogP contribution is -2.42. The average molecular weight is 755 g/mol. The highest BCUT2D eigenvalue weighted by Crippen LogP contribution is 2.59. The van der Waals surface area contributed by atoms with Crippen molar-refractivity contribution in [1.29, 1.82) is 0 Å². The Morgan fingerprint density at radius 3 is 2.28 bits per heavy atom. The molecule has 0 aliphatic carbocycles. The van der Waals surface area contributed by atoms with Crippen molar-refractivity contribution in [3.8, 4) is 33.8 Å². The highest BCUT2D eigenvalue weighted by atomic mass is 31.2. The normalized spacial score (nSPS) is 19.0. The molecular weight excluding hydrogens is 707 g/mol. The Morgan fingerprint density at radius 2 is 1.63 bits per heavy atom. The topological polar surface area (TPSA) is 134 Å². The Bertz CT molecular complexity index is 2180. The molecule has 6 rings (SSSR count). The summed E-state index contributed by atoms with van der Waals surface area (Å²) in [5, 5.41) is 15.5. The van der Waals surface area contributed by atoms with Crippen LogP contribution in [0.3, 0.4) is 0 Å². The van der Waals surface area contributed by atoms with Crippen molar-refractivity contribution in [3.63, 3.8) is 0 Å². The number of nitrogens with zero attached hydrogens (tertiary/aromatic N) is 3. The van der Waals surface area contributed by atoms with Crippen LogP contribution in [0.4, 0.5) is 5.82 Å². The van der Waals surface area contributed by atoms with Crippen molar-refractivity contribution in [2.24, 2.45) is 5.92 Å². The van der Waals surface area contributed by atoms with Gasteiger partial charge in [-0.05, 0) is 65.8 Å². The van der Waals surface area contributed by atoms with Gasteiger partial charge in [-0.15, -0.1) is 0 Å². The molecule has 4 atom stereocenters. The van der Waals surface area contributed by atoms with E-state index in [1.165, 1.54) is 16.8 Å². The van der Waals surface area contributed by atoms with Crippen molar-refractivity contribution >= 4 is 30.8 Å². The summed E-state index contributed by atoms with van der Waals surface area (Å²) in [5.41, 5.74) is 3.95. The van der Waals surface area contributed by atoms with E-state index in [0.717, 1.165) is 44.3 Å². The van der Waals surface area contributed by atoms with E-state index in [1.807, 2.05) is 79.4 Å². The molecule has 5 aromatic rings. The number of anilines is 1. The van der Waals surface area contributed by atoms with Gasteiger partial charge in [-0.1, -0.05) is 74.5 Å². The first-order chi connectivity index (χ1) is 26.0. The molecule has 4 aromatic carbocycles. The first-order valence-electron chi connectivity index (χ1n) is 17.7. The molecule has 284 valence electrons. The number of amides is 1. The minimum absolute atomic E-state index is 0.0215. The number of hydrogen-bond acceptors (Lipinski definition) is 10. The van der Waals surface area contributed by atoms with Crippen LogP contribution in [0.25, 0.3) is 33.0 Å². The van der Waals surface area contributed by atoms with E-state index in [4.69, 9.17) is 23.5 Å². The second-order valence-electron chi connectivity index (χ2n) is 13.5. The summed E-state index contributed by atoms with van der Waals surface area (Å²) >= 11 is 0. The van der Waals surface area contributed by atoms with Gasteiger partial charge < -0.3 is 33.9 Å². The fourth-order valence-electron chi connectivity index (χ4n) is 6.99. The molecule has 1 saturated heterocycles. The Hall–Kier alpha value is -4.68. The second kappa shape index (κ2) is 16.8. The number of nitrogens with one attached hydrogen (secondary N) is 1. The van der Waals surface area contributed by atoms with Crippen LogP contribution < -0.4 is 20.5 Å². The summed E-state index contributed by atoms with van der Waals surface area (Å²) in [7, 11) is 6.89. The minimum Gasteiger partial charge on any atom is -0.496 e. The van der Waals surface area contributed by atoms with Crippen molar-refractivity contribution in [3.05, 3.63) is 107 Å². The Labute approximate surface area is 316 Å². The molecule has 2 N–H and O–H groups in total. The van der Waals surface area contributed by atoms with Crippen LogP contribution in [0.15, 0.2) is 95.9 Å². The van der Waals surface area contributed by atoms with Gasteiger partial charge in [-0.25, -0.2) is 4.79 Å². The first-order valence-corrected chi connectivity index (χ1v) is 18.9. The Balaban J connectivity index is 1.39. The molecule has 1 unspecified atom stereocenters. The van der Waals surface area contributed by atoms with Gasteiger partial charge >= 0.3 is 5.69 Å². The zero-order valence-electron chi connectivity index (χ0n) is 31.6. The van der Waals surface area contributed by atoms with E-state index in [1.54, 1.807) is 35.2 Å². The second-order valence-corrected chi connectivity index (χ2v) is 16.0. The number of benzene rings is 4. The number of para-hydroxylation sites is 2. The third-order valence-electron chi connectivity index (χ3n) is 9.54. The molecule has 1 aliphatic rings. The smallest absolute Gasteiger partial charge is 0.351 e. The Kier molecular flexibility index (Phi) is 12.1. The molecule has 2 heterocycles. The maximum atomic E-state index is 13.3. The monoisotopic (exact) mass is 754 g/mol. The highest BCUT2D eigenvalue weighted by molar-refractivity contribution is 7.51. The highest BCUT2D eigenvalue weighted by Gasteiger charge is 2.55. The molecule has 1 aliphatic heterocycles. The lowest BCUT2D eigenvalue weighted by Gasteiger charge is -2.37. The van der Waals surface area contributed by atoms with Gasteiger partial charge in [0.15, 0.2) is 5.34 Å². The SMILES string of the molecule is COc1ccccc1-c1cc2ccccc2c(COC[C@H]2O[C@@H](n3ccc(NC(=O)C(C)C)nc3=O)C[C@]2(O)P(OC)N(C)C)c1-c1ccccc1OC. The summed E-state index contributed by atoms with van der Waals surface area (Å²) < 4.78 is 33.8. The maximum absolute atomic E-state index is 13.3. The number of rotatable bonds is 14. The minimum atomic E-state index is -1.62. The largest absolute Gasteiger partial charge is 0.496 e. The van der Waals surface area contributed by atoms with Crippen LogP contribution in [0, 0.1) is 5.92 Å². The summed E-state index contributed by atoms with van der Waals surface area (Å²) in [6.07, 6.45) is -0.213. The van der Waals surface area contributed by atoms with Gasteiger partial charge in [0.25, 0.3) is 0 Å². The van der Waals surface area contributed by atoms with E-state index in [2.05, 4.69) is 28.5 Å². The van der Waals surface area contributed by atoms with E-state index in [-0.39, 0.29) is 37.3 Å². The predicted molar refractivity (Wildman–Crippen MR) is 211 cm³/mol. The zero-order chi connectivity index (χ0) is 38.6. The number of fused-ring (bicyclic) bond motifs is 1. The maximum Gasteiger partial charge on any atom is 0.351 e. The molecule has 12 nitrogen and oxygen atoms in total. The molecule has 54 heavy (non-hydrogen) atoms. The molecule has 0 spiro atoms. The average Bonchev–Trinajstić information content (AvgIpc) is 3.50. The van der Waals surface area contributed by atoms with Crippen molar-refractivity contribution < 1.29 is 33.4 Å². The van der Waals surface area contributed by atoms with Gasteiger partial charge in [0.2, 0.25) is 5.91 Å². The predicted octanol–water partition coefficient (Wildman–Crippen LogP) is 7.06. The molecular formula is C41H47N4O8P. The third-order valence-corrected chi connectivity index (χ3v) is 11.7. The van der Waals surface area contributed by atoms with Gasteiger partial charge in [0.05, 0.1) is 27.4 Å². The Morgan fingerprint density at radius 1 is 0.981 bits per heavy atom. The quantitative estimate of drug-likeness (QED) is 0.114. The lowest BCUT2D eigenvalue weighted by molar-refractivity contribution is -0.118. The van der Waals surface area contributed by atoms with Gasteiger partial charge in [0.1, 0.15) is 37.9 Å². The van der Waals surface area contributed by atoms with Crippen molar-refractivity contribution in [1.82, 2.24) is 14.2 Å². The van der Waals surface area contributed by atoms with Crippen LogP contribution in [0.2, 0.25) is 0 Å². The number of carbonyl (C=O) groups excluding carboxylic acids is 1. The molecule has 0 saturated carbocycles. The van der Waals surface area contributed by atoms with Crippen LogP contribution in [0.5, 0.6) is 11.5 Å². The van der Waals surface area contributed by atoms with E-state index in [9.17, 15) is 14.7 Å². The summed E-state index contributed by atoms with van der Waals surface area (Å²) in [6.45, 7) is 3.63. The molecule has 1 aromatic heterocycles. The molecule has 0 radical (unpaired) electrons. The molecule has 0 bridgehead atoms. The van der Waals surface area contributed by atoms with Crippen molar-refractivity contribution in [2.45, 2.75) is 44.5 Å². The molecule has 1 fully saturated rings. The fraction of sp³-hybridized carbons (Fsp3) is 0.341. The van der Waals surface area contributed by atoms with Gasteiger partial charge in [-0.2, -0.15) is 4.98 Å². The summed E-state index contributed by atoms with van der Waals surface area (Å²) in [5.74, 6) is 1.03. The zero-order valence-corrected chi connectivity index (χ0v) is 32.5. The molecule has 1 amide bonds. The first kappa shape index (κ1) is 39.0. The number of methoxy groups -OCH3 is 2. The summed E-state index contributed by atoms with van der Waals surface area (Å²) in [6, 6.07) is 27.6. The van der Waals surface area contributed by atoms with Crippen LogP contribution >= 0.6 is 8.30 Å². The fourth-order valence-corrected chi connectivity index (χ4v) is 9.02. The number of aromatic nitrogens is 2. The summed E-state index contributed by atoms with van der Waals surface area (Å²) in [4.78, 5) is 29.6. The van der Waals surface area contributed by atoms with Crippen LogP contribution in [-0.4, -0.2) is 78.7 Å². The van der Waals surface area contributed by atoms with Gasteiger partial charge in [-0.3, -0.25) is 14.0 Å². The molecule has 13 heteroatoms. The van der Waals surface area contributed by atoms with Crippen molar-refractivity contribution in [2.75, 3.05) is 47.3 Å². The number of ether oxygens (including phenoxy) is 4. The van der Waals surface area contributed by atoms with E-state index in [0.29, 0.717) is 5.75 Å². The van der Waals surface area contributed by atoms with E-state index >= 15 is 0 Å².